The quantitative estimate of drug-likeness (QED) is 0.429. The molecule has 1 N–H and O–H groups in total. The highest BCUT2D eigenvalue weighted by Gasteiger charge is 2.04. The van der Waals surface area contributed by atoms with Crippen LogP contribution in [0.15, 0.2) is 23.3 Å². The first-order valence-electron chi connectivity index (χ1n) is 5.23. The minimum absolute atomic E-state index is 0.207. The van der Waals surface area contributed by atoms with Crippen LogP contribution in [-0.4, -0.2) is 23.7 Å². The van der Waals surface area contributed by atoms with E-state index in [4.69, 9.17) is 9.84 Å². The molecule has 0 heterocycles. The lowest BCUT2D eigenvalue weighted by Gasteiger charge is -2.02. The highest BCUT2D eigenvalue weighted by molar-refractivity contribution is 5.87. The Bertz CT molecular complexity index is 313. The van der Waals surface area contributed by atoms with Gasteiger partial charge in [-0.15, -0.1) is 0 Å². The van der Waals surface area contributed by atoms with Gasteiger partial charge in [0.25, 0.3) is 0 Å². The van der Waals surface area contributed by atoms with Crippen LogP contribution in [0.1, 0.15) is 33.6 Å². The van der Waals surface area contributed by atoms with E-state index in [2.05, 4.69) is 0 Å². The molecule has 4 heteroatoms. The number of esters is 1. The molecule has 0 aliphatic heterocycles. The highest BCUT2D eigenvalue weighted by Crippen LogP contribution is 2.01. The van der Waals surface area contributed by atoms with Crippen LogP contribution in [0.4, 0.5) is 0 Å². The third-order valence-electron chi connectivity index (χ3n) is 1.97. The SMILES string of the molecule is CCC=C(C)C(=O)OCCC=C(C)C(=O)O. The lowest BCUT2D eigenvalue weighted by molar-refractivity contribution is -0.138. The molecule has 0 bridgehead atoms. The van der Waals surface area contributed by atoms with E-state index in [1.165, 1.54) is 13.0 Å². The van der Waals surface area contributed by atoms with Gasteiger partial charge in [-0.05, 0) is 20.3 Å². The van der Waals surface area contributed by atoms with Crippen molar-refractivity contribution in [2.45, 2.75) is 33.6 Å². The lowest BCUT2D eigenvalue weighted by atomic mass is 10.2. The summed E-state index contributed by atoms with van der Waals surface area (Å²) in [5.41, 5.74) is 0.846. The molecule has 0 aromatic rings. The summed E-state index contributed by atoms with van der Waals surface area (Å²) in [5, 5.41) is 8.56. The van der Waals surface area contributed by atoms with Gasteiger partial charge >= 0.3 is 11.9 Å². The third-order valence-corrected chi connectivity index (χ3v) is 1.97. The average molecular weight is 226 g/mol. The Morgan fingerprint density at radius 2 is 1.81 bits per heavy atom. The molecular weight excluding hydrogens is 208 g/mol. The van der Waals surface area contributed by atoms with E-state index in [1.807, 2.05) is 6.92 Å². The monoisotopic (exact) mass is 226 g/mol. The zero-order valence-corrected chi connectivity index (χ0v) is 9.95. The summed E-state index contributed by atoms with van der Waals surface area (Å²) in [6, 6.07) is 0. The predicted molar refractivity (Wildman–Crippen MR) is 61.0 cm³/mol. The van der Waals surface area contributed by atoms with Crippen molar-refractivity contribution in [3.05, 3.63) is 23.3 Å². The Morgan fingerprint density at radius 3 is 2.31 bits per heavy atom. The normalized spacial score (nSPS) is 12.4. The van der Waals surface area contributed by atoms with Gasteiger partial charge in [-0.25, -0.2) is 9.59 Å². The number of ether oxygens (including phenoxy) is 1. The first kappa shape index (κ1) is 14.4. The lowest BCUT2D eigenvalue weighted by Crippen LogP contribution is -2.07. The Hall–Kier alpha value is -1.58. The number of hydrogen-bond acceptors (Lipinski definition) is 3. The Labute approximate surface area is 95.6 Å². The van der Waals surface area contributed by atoms with E-state index in [0.717, 1.165) is 6.42 Å². The number of rotatable bonds is 6. The molecule has 0 unspecified atom stereocenters. The number of carbonyl (C=O) groups is 2. The summed E-state index contributed by atoms with van der Waals surface area (Å²) < 4.78 is 4.94. The van der Waals surface area contributed by atoms with E-state index < -0.39 is 5.97 Å². The molecule has 0 spiro atoms. The van der Waals surface area contributed by atoms with Crippen molar-refractivity contribution in [1.82, 2.24) is 0 Å². The number of carboxylic acid groups (broad SMARTS) is 1. The van der Waals surface area contributed by atoms with Crippen molar-refractivity contribution in [3.8, 4) is 0 Å². The number of allylic oxidation sites excluding steroid dienone is 1. The smallest absolute Gasteiger partial charge is 0.333 e. The second-order valence-electron chi connectivity index (χ2n) is 3.41. The van der Waals surface area contributed by atoms with E-state index in [-0.39, 0.29) is 18.1 Å². The van der Waals surface area contributed by atoms with Crippen LogP contribution in [0.2, 0.25) is 0 Å². The first-order valence-corrected chi connectivity index (χ1v) is 5.23. The van der Waals surface area contributed by atoms with Crippen molar-refractivity contribution < 1.29 is 19.4 Å². The molecule has 0 aromatic carbocycles. The topological polar surface area (TPSA) is 63.6 Å². The second kappa shape index (κ2) is 7.68. The molecule has 90 valence electrons. The van der Waals surface area contributed by atoms with E-state index in [0.29, 0.717) is 12.0 Å². The summed E-state index contributed by atoms with van der Waals surface area (Å²) in [4.78, 5) is 21.7. The molecule has 4 nitrogen and oxygen atoms in total. The Morgan fingerprint density at radius 1 is 1.19 bits per heavy atom. The van der Waals surface area contributed by atoms with Crippen LogP contribution in [0.5, 0.6) is 0 Å². The molecule has 16 heavy (non-hydrogen) atoms. The van der Waals surface area contributed by atoms with Gasteiger partial charge in [-0.1, -0.05) is 19.1 Å². The molecule has 0 saturated heterocycles. The minimum Gasteiger partial charge on any atom is -0.478 e. The van der Waals surface area contributed by atoms with E-state index in [1.54, 1.807) is 13.0 Å². The summed E-state index contributed by atoms with van der Waals surface area (Å²) >= 11 is 0. The third kappa shape index (κ3) is 6.01. The van der Waals surface area contributed by atoms with Crippen molar-refractivity contribution in [3.63, 3.8) is 0 Å². The summed E-state index contributed by atoms with van der Waals surface area (Å²) in [7, 11) is 0. The van der Waals surface area contributed by atoms with Crippen LogP contribution in [0.3, 0.4) is 0 Å². The molecule has 0 rings (SSSR count). The van der Waals surface area contributed by atoms with Crippen LogP contribution in [0, 0.1) is 0 Å². The van der Waals surface area contributed by atoms with Gasteiger partial charge in [0.15, 0.2) is 0 Å². The molecule has 0 radical (unpaired) electrons. The Kier molecular flexibility index (Phi) is 6.92. The minimum atomic E-state index is -0.951. The fraction of sp³-hybridized carbons (Fsp3) is 0.500. The summed E-state index contributed by atoms with van der Waals surface area (Å²) in [5.74, 6) is -1.29. The zero-order chi connectivity index (χ0) is 12.6. The largest absolute Gasteiger partial charge is 0.478 e. The van der Waals surface area contributed by atoms with Crippen LogP contribution < -0.4 is 0 Å². The van der Waals surface area contributed by atoms with Gasteiger partial charge < -0.3 is 9.84 Å². The van der Waals surface area contributed by atoms with Crippen LogP contribution in [0.25, 0.3) is 0 Å². The molecule has 0 saturated carbocycles. The predicted octanol–water partition coefficient (Wildman–Crippen LogP) is 2.31. The van der Waals surface area contributed by atoms with Gasteiger partial charge in [0.1, 0.15) is 0 Å². The van der Waals surface area contributed by atoms with Gasteiger partial charge in [0.05, 0.1) is 6.61 Å². The molecule has 0 atom stereocenters. The molecule has 0 aliphatic carbocycles. The maximum atomic E-state index is 11.3. The number of carbonyl (C=O) groups excluding carboxylic acids is 1. The molecular formula is C12H18O4. The first-order chi connectivity index (χ1) is 7.49. The zero-order valence-electron chi connectivity index (χ0n) is 9.95. The molecule has 0 aromatic heterocycles. The van der Waals surface area contributed by atoms with Crippen LogP contribution >= 0.6 is 0 Å². The van der Waals surface area contributed by atoms with E-state index >= 15 is 0 Å². The number of aliphatic carboxylic acids is 1. The number of carboxylic acids is 1. The Balaban J connectivity index is 3.92. The number of hydrogen-bond donors (Lipinski definition) is 1. The van der Waals surface area contributed by atoms with Gasteiger partial charge in [0, 0.05) is 17.6 Å². The van der Waals surface area contributed by atoms with E-state index in [9.17, 15) is 9.59 Å². The second-order valence-corrected chi connectivity index (χ2v) is 3.41. The maximum Gasteiger partial charge on any atom is 0.333 e. The standard InChI is InChI=1S/C12H18O4/c1-4-6-10(3)12(15)16-8-5-7-9(2)11(13)14/h6-7H,4-5,8H2,1-3H3,(H,13,14). The van der Waals surface area contributed by atoms with Gasteiger partial charge in [0.2, 0.25) is 0 Å². The van der Waals surface area contributed by atoms with Crippen molar-refractivity contribution in [1.29, 1.82) is 0 Å². The molecule has 0 fully saturated rings. The fourth-order valence-corrected chi connectivity index (χ4v) is 1.02. The van der Waals surface area contributed by atoms with Crippen LogP contribution in [-0.2, 0) is 14.3 Å². The summed E-state index contributed by atoms with van der Waals surface area (Å²) in [6.07, 6.45) is 4.54. The summed E-state index contributed by atoms with van der Waals surface area (Å²) in [6.45, 7) is 5.35. The van der Waals surface area contributed by atoms with Gasteiger partial charge in [-0.2, -0.15) is 0 Å². The highest BCUT2D eigenvalue weighted by atomic mass is 16.5. The van der Waals surface area contributed by atoms with Crippen molar-refractivity contribution in [2.75, 3.05) is 6.61 Å². The molecule has 0 aliphatic rings. The maximum absolute atomic E-state index is 11.3. The molecule has 0 amide bonds. The fourth-order valence-electron chi connectivity index (χ4n) is 1.02. The average Bonchev–Trinajstić information content (AvgIpc) is 2.23. The van der Waals surface area contributed by atoms with Crippen molar-refractivity contribution in [2.24, 2.45) is 0 Å². The van der Waals surface area contributed by atoms with Crippen molar-refractivity contribution >= 4 is 11.9 Å². The van der Waals surface area contributed by atoms with Gasteiger partial charge in [-0.3, -0.25) is 0 Å².